The van der Waals surface area contributed by atoms with E-state index in [1.165, 1.54) is 0 Å². The van der Waals surface area contributed by atoms with Gasteiger partial charge >= 0.3 is 5.97 Å². The van der Waals surface area contributed by atoms with Gasteiger partial charge in [0.05, 0.1) is 0 Å². The number of ether oxygens (including phenoxy) is 1. The third-order valence-electron chi connectivity index (χ3n) is 3.32. The van der Waals surface area contributed by atoms with E-state index in [4.69, 9.17) is 9.84 Å². The average molecular weight is 374 g/mol. The first kappa shape index (κ1) is 15.3. The molecule has 1 amide bonds. The van der Waals surface area contributed by atoms with Crippen molar-refractivity contribution in [2.75, 3.05) is 11.9 Å². The molecule has 1 heterocycles. The highest BCUT2D eigenvalue weighted by atomic mass is 79.9. The van der Waals surface area contributed by atoms with Gasteiger partial charge in [-0.3, -0.25) is 4.79 Å². The van der Waals surface area contributed by atoms with E-state index in [9.17, 15) is 9.59 Å². The topological polar surface area (TPSA) is 75.6 Å². The lowest BCUT2D eigenvalue weighted by Crippen LogP contribution is -2.09. The predicted octanol–water partition coefficient (Wildman–Crippen LogP) is 3.41. The molecule has 3 rings (SSSR count). The lowest BCUT2D eigenvalue weighted by Gasteiger charge is -2.04. The van der Waals surface area contributed by atoms with Gasteiger partial charge in [0.1, 0.15) is 5.75 Å². The fourth-order valence-electron chi connectivity index (χ4n) is 2.28. The van der Waals surface area contributed by atoms with E-state index in [2.05, 4.69) is 21.2 Å². The molecule has 5 nitrogen and oxygen atoms in total. The Hall–Kier alpha value is -2.60. The number of carboxylic acids is 1. The van der Waals surface area contributed by atoms with Crippen molar-refractivity contribution >= 4 is 45.1 Å². The SMILES string of the molecule is O=C(O)COc1ccc(/C=C2\C(=O)Nc3ccc(Br)cc32)cc1. The minimum atomic E-state index is -1.03. The second-order valence-electron chi connectivity index (χ2n) is 4.95. The van der Waals surface area contributed by atoms with Gasteiger partial charge in [0.15, 0.2) is 6.61 Å². The van der Waals surface area contributed by atoms with E-state index < -0.39 is 5.97 Å². The van der Waals surface area contributed by atoms with E-state index in [1.807, 2.05) is 18.2 Å². The quantitative estimate of drug-likeness (QED) is 0.805. The van der Waals surface area contributed by atoms with E-state index in [0.717, 1.165) is 21.3 Å². The maximum absolute atomic E-state index is 12.1. The van der Waals surface area contributed by atoms with Crippen molar-refractivity contribution < 1.29 is 19.4 Å². The standard InChI is InChI=1S/C17H12BrNO4/c18-11-3-6-15-13(8-11)14(17(22)19-15)7-10-1-4-12(5-2-10)23-9-16(20)21/h1-8H,9H2,(H,19,22)(H,20,21)/b14-7-. The van der Waals surface area contributed by atoms with Crippen LogP contribution in [-0.4, -0.2) is 23.6 Å². The molecule has 0 aliphatic carbocycles. The lowest BCUT2D eigenvalue weighted by atomic mass is 10.0. The van der Waals surface area contributed by atoms with Gasteiger partial charge in [-0.2, -0.15) is 0 Å². The summed E-state index contributed by atoms with van der Waals surface area (Å²) < 4.78 is 5.98. The van der Waals surface area contributed by atoms with E-state index in [0.29, 0.717) is 11.3 Å². The monoisotopic (exact) mass is 373 g/mol. The highest BCUT2D eigenvalue weighted by Crippen LogP contribution is 2.35. The van der Waals surface area contributed by atoms with Crippen LogP contribution in [0.15, 0.2) is 46.9 Å². The van der Waals surface area contributed by atoms with Crippen LogP contribution < -0.4 is 10.1 Å². The number of carboxylic acid groups (broad SMARTS) is 1. The number of carbonyl (C=O) groups excluding carboxylic acids is 1. The lowest BCUT2D eigenvalue weighted by molar-refractivity contribution is -0.139. The molecule has 0 unspecified atom stereocenters. The van der Waals surface area contributed by atoms with Gasteiger partial charge in [-0.15, -0.1) is 0 Å². The van der Waals surface area contributed by atoms with E-state index in [-0.39, 0.29) is 12.5 Å². The summed E-state index contributed by atoms with van der Waals surface area (Å²) in [5, 5.41) is 11.4. The molecule has 0 bridgehead atoms. The Morgan fingerprint density at radius 3 is 2.65 bits per heavy atom. The predicted molar refractivity (Wildman–Crippen MR) is 90.2 cm³/mol. The third kappa shape index (κ3) is 3.43. The van der Waals surface area contributed by atoms with Crippen LogP contribution in [0.5, 0.6) is 5.75 Å². The molecular formula is C17H12BrNO4. The van der Waals surface area contributed by atoms with Crippen LogP contribution in [0.4, 0.5) is 5.69 Å². The highest BCUT2D eigenvalue weighted by molar-refractivity contribution is 9.10. The van der Waals surface area contributed by atoms with Gasteiger partial charge in [-0.05, 0) is 42.0 Å². The zero-order valence-corrected chi connectivity index (χ0v) is 13.5. The molecule has 2 aromatic rings. The number of halogens is 1. The third-order valence-corrected chi connectivity index (χ3v) is 3.81. The molecule has 1 aliphatic heterocycles. The van der Waals surface area contributed by atoms with Crippen molar-refractivity contribution in [1.82, 2.24) is 0 Å². The first-order chi connectivity index (χ1) is 11.0. The Bertz CT molecular complexity index is 812. The molecule has 0 radical (unpaired) electrons. The first-order valence-electron chi connectivity index (χ1n) is 6.80. The summed E-state index contributed by atoms with van der Waals surface area (Å²) in [7, 11) is 0. The molecule has 2 N–H and O–H groups in total. The van der Waals surface area contributed by atoms with Gasteiger partial charge in [-0.1, -0.05) is 28.1 Å². The van der Waals surface area contributed by atoms with Crippen molar-refractivity contribution in [3.63, 3.8) is 0 Å². The highest BCUT2D eigenvalue weighted by Gasteiger charge is 2.23. The van der Waals surface area contributed by atoms with Crippen LogP contribution >= 0.6 is 15.9 Å². The van der Waals surface area contributed by atoms with E-state index in [1.54, 1.807) is 30.3 Å². The van der Waals surface area contributed by atoms with Gasteiger partial charge in [-0.25, -0.2) is 4.79 Å². The number of benzene rings is 2. The fraction of sp³-hybridized carbons (Fsp3) is 0.0588. The molecule has 6 heteroatoms. The van der Waals surface area contributed by atoms with Gasteiger partial charge < -0.3 is 15.2 Å². The average Bonchev–Trinajstić information content (AvgIpc) is 2.82. The fourth-order valence-corrected chi connectivity index (χ4v) is 2.64. The summed E-state index contributed by atoms with van der Waals surface area (Å²) in [5.41, 5.74) is 3.03. The molecule has 0 atom stereocenters. The molecule has 0 saturated heterocycles. The number of amides is 1. The summed E-state index contributed by atoms with van der Waals surface area (Å²) in [6, 6.07) is 12.5. The van der Waals surface area contributed by atoms with Gasteiger partial charge in [0.2, 0.25) is 0 Å². The van der Waals surface area contributed by atoms with Crippen molar-refractivity contribution in [3.8, 4) is 5.75 Å². The molecule has 1 aliphatic rings. The van der Waals surface area contributed by atoms with Crippen LogP contribution in [0.1, 0.15) is 11.1 Å². The molecule has 0 aromatic heterocycles. The van der Waals surface area contributed by atoms with Crippen LogP contribution in [0, 0.1) is 0 Å². The second-order valence-corrected chi connectivity index (χ2v) is 5.87. The van der Waals surface area contributed by atoms with Crippen molar-refractivity contribution in [1.29, 1.82) is 0 Å². The number of carbonyl (C=O) groups is 2. The van der Waals surface area contributed by atoms with Crippen molar-refractivity contribution in [2.45, 2.75) is 0 Å². The maximum Gasteiger partial charge on any atom is 0.341 e. The minimum absolute atomic E-state index is 0.149. The van der Waals surface area contributed by atoms with Crippen molar-refractivity contribution in [2.24, 2.45) is 0 Å². The molecular weight excluding hydrogens is 362 g/mol. The molecule has 116 valence electrons. The zero-order valence-electron chi connectivity index (χ0n) is 11.9. The number of anilines is 1. The van der Waals surface area contributed by atoms with Crippen LogP contribution in [0.25, 0.3) is 11.6 Å². The normalized spacial score (nSPS) is 14.5. The summed E-state index contributed by atoms with van der Waals surface area (Å²) in [5.74, 6) is -0.709. The van der Waals surface area contributed by atoms with Gasteiger partial charge in [0.25, 0.3) is 5.91 Å². The Balaban J connectivity index is 1.86. The summed E-state index contributed by atoms with van der Waals surface area (Å²) in [6.45, 7) is -0.385. The molecule has 23 heavy (non-hydrogen) atoms. The number of hydrogen-bond donors (Lipinski definition) is 2. The maximum atomic E-state index is 12.1. The van der Waals surface area contributed by atoms with Gasteiger partial charge in [0, 0.05) is 21.3 Å². The molecule has 0 saturated carbocycles. The zero-order chi connectivity index (χ0) is 16.4. The molecule has 0 spiro atoms. The Morgan fingerprint density at radius 2 is 1.96 bits per heavy atom. The van der Waals surface area contributed by atoms with Crippen LogP contribution in [0.2, 0.25) is 0 Å². The number of hydrogen-bond acceptors (Lipinski definition) is 3. The second kappa shape index (κ2) is 6.26. The number of nitrogens with one attached hydrogen (secondary N) is 1. The Labute approximate surface area is 140 Å². The summed E-state index contributed by atoms with van der Waals surface area (Å²) >= 11 is 3.41. The smallest absolute Gasteiger partial charge is 0.341 e. The number of fused-ring (bicyclic) bond motifs is 1. The largest absolute Gasteiger partial charge is 0.482 e. The Morgan fingerprint density at radius 1 is 1.22 bits per heavy atom. The summed E-state index contributed by atoms with van der Waals surface area (Å²) in [4.78, 5) is 22.6. The number of aliphatic carboxylic acids is 1. The molecule has 0 fully saturated rings. The first-order valence-corrected chi connectivity index (χ1v) is 7.60. The Kier molecular flexibility index (Phi) is 4.16. The number of rotatable bonds is 4. The van der Waals surface area contributed by atoms with Crippen LogP contribution in [0.3, 0.4) is 0 Å². The summed E-state index contributed by atoms with van der Waals surface area (Å²) in [6.07, 6.45) is 1.79. The van der Waals surface area contributed by atoms with Crippen LogP contribution in [-0.2, 0) is 9.59 Å². The molecule has 2 aromatic carbocycles. The van der Waals surface area contributed by atoms with E-state index >= 15 is 0 Å². The van der Waals surface area contributed by atoms with Crippen molar-refractivity contribution in [3.05, 3.63) is 58.1 Å². The minimum Gasteiger partial charge on any atom is -0.482 e.